The van der Waals surface area contributed by atoms with Gasteiger partial charge in [0.05, 0.1) is 0 Å². The standard InChI is InChI=1S/C9H17NO2S/c1-7(9(11)12)10(2)8-3-5-13-6-4-8/h7-8H,3-6H2,1-2H3,(H,11,12). The first-order chi connectivity index (χ1) is 6.13. The summed E-state index contributed by atoms with van der Waals surface area (Å²) in [7, 11) is 1.92. The fraction of sp³-hybridized carbons (Fsp3) is 0.889. The molecule has 1 fully saturated rings. The maximum atomic E-state index is 10.7. The third kappa shape index (κ3) is 2.88. The summed E-state index contributed by atoms with van der Waals surface area (Å²) in [5.41, 5.74) is 0. The molecule has 13 heavy (non-hydrogen) atoms. The number of hydrogen-bond donors (Lipinski definition) is 1. The van der Waals surface area contributed by atoms with Gasteiger partial charge in [0.25, 0.3) is 0 Å². The Bertz CT molecular complexity index is 180. The molecule has 4 heteroatoms. The third-order valence-electron chi connectivity index (χ3n) is 2.74. The van der Waals surface area contributed by atoms with Gasteiger partial charge < -0.3 is 5.11 Å². The molecule has 0 spiro atoms. The highest BCUT2D eigenvalue weighted by molar-refractivity contribution is 7.99. The number of likely N-dealkylation sites (N-methyl/N-ethyl adjacent to an activating group) is 1. The quantitative estimate of drug-likeness (QED) is 0.750. The molecule has 1 aliphatic rings. The van der Waals surface area contributed by atoms with Crippen LogP contribution in [-0.2, 0) is 4.79 Å². The van der Waals surface area contributed by atoms with Gasteiger partial charge in [0.2, 0.25) is 0 Å². The fourth-order valence-electron chi connectivity index (χ4n) is 1.58. The molecule has 76 valence electrons. The van der Waals surface area contributed by atoms with Crippen LogP contribution in [0.3, 0.4) is 0 Å². The van der Waals surface area contributed by atoms with Gasteiger partial charge in [-0.3, -0.25) is 9.69 Å². The highest BCUT2D eigenvalue weighted by Crippen LogP contribution is 2.21. The largest absolute Gasteiger partial charge is 0.480 e. The zero-order chi connectivity index (χ0) is 9.84. The fourth-order valence-corrected chi connectivity index (χ4v) is 2.66. The van der Waals surface area contributed by atoms with Gasteiger partial charge in [-0.2, -0.15) is 11.8 Å². The monoisotopic (exact) mass is 203 g/mol. The molecular formula is C9H17NO2S. The lowest BCUT2D eigenvalue weighted by molar-refractivity contribution is -0.143. The van der Waals surface area contributed by atoms with Crippen LogP contribution in [0, 0.1) is 0 Å². The van der Waals surface area contributed by atoms with Gasteiger partial charge in [0.15, 0.2) is 0 Å². The van der Waals surface area contributed by atoms with Crippen molar-refractivity contribution in [2.75, 3.05) is 18.6 Å². The summed E-state index contributed by atoms with van der Waals surface area (Å²) in [6.45, 7) is 1.75. The summed E-state index contributed by atoms with van der Waals surface area (Å²) in [6.07, 6.45) is 2.25. The number of carbonyl (C=O) groups is 1. The number of hydrogen-bond acceptors (Lipinski definition) is 3. The predicted molar refractivity (Wildman–Crippen MR) is 55.2 cm³/mol. The van der Waals surface area contributed by atoms with E-state index in [1.54, 1.807) is 6.92 Å². The van der Waals surface area contributed by atoms with Crippen molar-refractivity contribution in [3.05, 3.63) is 0 Å². The summed E-state index contributed by atoms with van der Waals surface area (Å²) in [5, 5.41) is 8.84. The summed E-state index contributed by atoms with van der Waals surface area (Å²) in [4.78, 5) is 12.7. The molecule has 0 radical (unpaired) electrons. The van der Waals surface area contributed by atoms with E-state index in [0.717, 1.165) is 12.8 Å². The Morgan fingerprint density at radius 2 is 2.08 bits per heavy atom. The Morgan fingerprint density at radius 3 is 2.54 bits per heavy atom. The van der Waals surface area contributed by atoms with Crippen LogP contribution < -0.4 is 0 Å². The third-order valence-corrected chi connectivity index (χ3v) is 3.78. The smallest absolute Gasteiger partial charge is 0.320 e. The van der Waals surface area contributed by atoms with Crippen molar-refractivity contribution in [1.82, 2.24) is 4.90 Å². The highest BCUT2D eigenvalue weighted by atomic mass is 32.2. The number of rotatable bonds is 3. The molecule has 1 heterocycles. The summed E-state index contributed by atoms with van der Waals surface area (Å²) in [5.74, 6) is 1.61. The van der Waals surface area contributed by atoms with Crippen molar-refractivity contribution in [3.8, 4) is 0 Å². The Balaban J connectivity index is 2.44. The topological polar surface area (TPSA) is 40.5 Å². The lowest BCUT2D eigenvalue weighted by Crippen LogP contribution is -2.44. The molecule has 0 aliphatic carbocycles. The first kappa shape index (κ1) is 10.9. The highest BCUT2D eigenvalue weighted by Gasteiger charge is 2.25. The van der Waals surface area contributed by atoms with E-state index in [2.05, 4.69) is 0 Å². The first-order valence-electron chi connectivity index (χ1n) is 4.65. The number of nitrogens with zero attached hydrogens (tertiary/aromatic N) is 1. The first-order valence-corrected chi connectivity index (χ1v) is 5.81. The van der Waals surface area contributed by atoms with E-state index in [1.165, 1.54) is 11.5 Å². The lowest BCUT2D eigenvalue weighted by Gasteiger charge is -2.33. The number of aliphatic carboxylic acids is 1. The molecule has 3 nitrogen and oxygen atoms in total. The Hall–Kier alpha value is -0.220. The predicted octanol–water partition coefficient (Wildman–Crippen LogP) is 1.29. The Labute approximate surface area is 83.5 Å². The maximum Gasteiger partial charge on any atom is 0.320 e. The van der Waals surface area contributed by atoms with Crippen LogP contribution in [0.25, 0.3) is 0 Å². The van der Waals surface area contributed by atoms with Crippen LogP contribution in [0.4, 0.5) is 0 Å². The normalized spacial score (nSPS) is 21.8. The minimum absolute atomic E-state index is 0.354. The summed E-state index contributed by atoms with van der Waals surface area (Å²) >= 11 is 1.96. The van der Waals surface area contributed by atoms with Crippen molar-refractivity contribution < 1.29 is 9.90 Å². The molecule has 1 N–H and O–H groups in total. The SMILES string of the molecule is CC(C(=O)O)N(C)C1CCSCC1. The lowest BCUT2D eigenvalue weighted by atomic mass is 10.1. The van der Waals surface area contributed by atoms with E-state index < -0.39 is 5.97 Å². The average molecular weight is 203 g/mol. The Morgan fingerprint density at radius 1 is 1.54 bits per heavy atom. The van der Waals surface area contributed by atoms with E-state index in [-0.39, 0.29) is 6.04 Å². The zero-order valence-corrected chi connectivity index (χ0v) is 9.01. The second-order valence-electron chi connectivity index (χ2n) is 3.52. The number of thioether (sulfide) groups is 1. The molecule has 0 bridgehead atoms. The van der Waals surface area contributed by atoms with Crippen LogP contribution in [0.5, 0.6) is 0 Å². The molecule has 0 aromatic heterocycles. The van der Waals surface area contributed by atoms with Crippen molar-refractivity contribution >= 4 is 17.7 Å². The molecule has 0 saturated carbocycles. The van der Waals surface area contributed by atoms with Gasteiger partial charge in [-0.25, -0.2) is 0 Å². The van der Waals surface area contributed by atoms with Crippen LogP contribution in [0.1, 0.15) is 19.8 Å². The van der Waals surface area contributed by atoms with Gasteiger partial charge in [-0.15, -0.1) is 0 Å². The molecule has 1 atom stereocenters. The van der Waals surface area contributed by atoms with E-state index in [4.69, 9.17) is 5.11 Å². The molecule has 1 aliphatic heterocycles. The minimum Gasteiger partial charge on any atom is -0.480 e. The molecule has 1 rings (SSSR count). The van der Waals surface area contributed by atoms with Gasteiger partial charge in [-0.1, -0.05) is 0 Å². The number of carboxylic acids is 1. The minimum atomic E-state index is -0.722. The second kappa shape index (κ2) is 4.86. The van der Waals surface area contributed by atoms with E-state index in [9.17, 15) is 4.79 Å². The van der Waals surface area contributed by atoms with Crippen molar-refractivity contribution in [1.29, 1.82) is 0 Å². The van der Waals surface area contributed by atoms with Crippen LogP contribution >= 0.6 is 11.8 Å². The second-order valence-corrected chi connectivity index (χ2v) is 4.75. The maximum absolute atomic E-state index is 10.7. The van der Waals surface area contributed by atoms with Gasteiger partial charge in [-0.05, 0) is 38.3 Å². The Kier molecular flexibility index (Phi) is 4.06. The molecule has 0 amide bonds. The average Bonchev–Trinajstić information content (AvgIpc) is 2.17. The van der Waals surface area contributed by atoms with Crippen molar-refractivity contribution in [2.45, 2.75) is 31.8 Å². The van der Waals surface area contributed by atoms with Crippen LogP contribution in [-0.4, -0.2) is 46.6 Å². The van der Waals surface area contributed by atoms with Gasteiger partial charge in [0, 0.05) is 6.04 Å². The summed E-state index contributed by atoms with van der Waals surface area (Å²) in [6, 6.07) is 0.112. The van der Waals surface area contributed by atoms with Gasteiger partial charge in [0.1, 0.15) is 6.04 Å². The molecule has 0 aromatic rings. The van der Waals surface area contributed by atoms with Crippen LogP contribution in [0.15, 0.2) is 0 Å². The molecule has 1 unspecified atom stereocenters. The zero-order valence-electron chi connectivity index (χ0n) is 8.19. The molecule has 0 aromatic carbocycles. The van der Waals surface area contributed by atoms with E-state index >= 15 is 0 Å². The number of carboxylic acid groups (broad SMARTS) is 1. The van der Waals surface area contributed by atoms with Crippen LogP contribution in [0.2, 0.25) is 0 Å². The van der Waals surface area contributed by atoms with Crippen molar-refractivity contribution in [2.24, 2.45) is 0 Å². The van der Waals surface area contributed by atoms with E-state index in [0.29, 0.717) is 6.04 Å². The van der Waals surface area contributed by atoms with Crippen molar-refractivity contribution in [3.63, 3.8) is 0 Å². The molecular weight excluding hydrogens is 186 g/mol. The van der Waals surface area contributed by atoms with E-state index in [1.807, 2.05) is 23.7 Å². The molecule has 1 saturated heterocycles. The summed E-state index contributed by atoms with van der Waals surface area (Å²) < 4.78 is 0. The van der Waals surface area contributed by atoms with Gasteiger partial charge >= 0.3 is 5.97 Å².